The van der Waals surface area contributed by atoms with Crippen LogP contribution in [0.3, 0.4) is 0 Å². The summed E-state index contributed by atoms with van der Waals surface area (Å²) in [6.45, 7) is 8.45. The van der Waals surface area contributed by atoms with Gasteiger partial charge in [-0.15, -0.1) is 0 Å². The van der Waals surface area contributed by atoms with E-state index >= 15 is 0 Å². The van der Waals surface area contributed by atoms with Gasteiger partial charge in [0.1, 0.15) is 0 Å². The third-order valence-corrected chi connectivity index (χ3v) is 3.31. The fourth-order valence-electron chi connectivity index (χ4n) is 2.67. The normalized spacial score (nSPS) is 31.9. The summed E-state index contributed by atoms with van der Waals surface area (Å²) in [6.07, 6.45) is 7.38. The Kier molecular flexibility index (Phi) is 8.26. The van der Waals surface area contributed by atoms with Crippen molar-refractivity contribution in [3.05, 3.63) is 0 Å². The van der Waals surface area contributed by atoms with Gasteiger partial charge in [0.25, 0.3) is 0 Å². The lowest BCUT2D eigenvalue weighted by atomic mass is 9.74. The second-order valence-electron chi connectivity index (χ2n) is 4.12. The minimum absolute atomic E-state index is 0.000278. The zero-order chi connectivity index (χ0) is 11.0. The largest absolute Gasteiger partial charge is 0.393 e. The van der Waals surface area contributed by atoms with E-state index in [-0.39, 0.29) is 6.10 Å². The fourth-order valence-corrected chi connectivity index (χ4v) is 2.67. The van der Waals surface area contributed by atoms with Crippen LogP contribution in [0.4, 0.5) is 0 Å². The molecule has 0 bridgehead atoms. The van der Waals surface area contributed by atoms with Gasteiger partial charge in [-0.3, -0.25) is 0 Å². The summed E-state index contributed by atoms with van der Waals surface area (Å²) >= 11 is 0. The first-order valence-electron chi connectivity index (χ1n) is 6.47. The van der Waals surface area contributed by atoms with Crippen LogP contribution in [0.15, 0.2) is 0 Å². The van der Waals surface area contributed by atoms with Gasteiger partial charge in [-0.2, -0.15) is 0 Å². The van der Waals surface area contributed by atoms with Crippen molar-refractivity contribution in [2.75, 3.05) is 0 Å². The molecule has 3 unspecified atom stereocenters. The minimum atomic E-state index is 0.000278. The molecule has 0 spiro atoms. The van der Waals surface area contributed by atoms with Crippen LogP contribution in [0.2, 0.25) is 0 Å². The van der Waals surface area contributed by atoms with Crippen molar-refractivity contribution < 1.29 is 5.11 Å². The lowest BCUT2D eigenvalue weighted by Crippen LogP contribution is -2.31. The molecule has 0 aromatic heterocycles. The van der Waals surface area contributed by atoms with E-state index < -0.39 is 0 Å². The predicted molar refractivity (Wildman–Crippen MR) is 63.4 cm³/mol. The Bertz CT molecular complexity index is 120. The molecule has 1 rings (SSSR count). The molecule has 0 aliphatic heterocycles. The molecular formula is C13H28O. The molecular weight excluding hydrogens is 172 g/mol. The number of hydrogen-bond donors (Lipinski definition) is 1. The van der Waals surface area contributed by atoms with Crippen LogP contribution in [0.25, 0.3) is 0 Å². The first kappa shape index (κ1) is 14.0. The van der Waals surface area contributed by atoms with Gasteiger partial charge in [0.15, 0.2) is 0 Å². The van der Waals surface area contributed by atoms with Gasteiger partial charge in [0.2, 0.25) is 0 Å². The molecule has 0 amide bonds. The minimum Gasteiger partial charge on any atom is -0.393 e. The van der Waals surface area contributed by atoms with Gasteiger partial charge in [-0.1, -0.05) is 53.4 Å². The summed E-state index contributed by atoms with van der Waals surface area (Å²) in [5.41, 5.74) is 0. The van der Waals surface area contributed by atoms with E-state index in [1.165, 1.54) is 25.7 Å². The first-order chi connectivity index (χ1) is 6.79. The molecule has 1 N–H and O–H groups in total. The van der Waals surface area contributed by atoms with Crippen molar-refractivity contribution in [2.24, 2.45) is 11.8 Å². The molecule has 0 aromatic carbocycles. The highest BCUT2D eigenvalue weighted by Gasteiger charge is 2.29. The zero-order valence-corrected chi connectivity index (χ0v) is 10.4. The van der Waals surface area contributed by atoms with Crippen molar-refractivity contribution in [2.45, 2.75) is 72.3 Å². The summed E-state index contributed by atoms with van der Waals surface area (Å²) in [4.78, 5) is 0. The van der Waals surface area contributed by atoms with Crippen LogP contribution in [0.5, 0.6) is 0 Å². The van der Waals surface area contributed by atoms with E-state index in [1.54, 1.807) is 0 Å². The van der Waals surface area contributed by atoms with E-state index in [2.05, 4.69) is 13.8 Å². The number of aliphatic hydroxyl groups is 1. The topological polar surface area (TPSA) is 20.2 Å². The Morgan fingerprint density at radius 3 is 2.29 bits per heavy atom. The molecule has 1 aliphatic carbocycles. The summed E-state index contributed by atoms with van der Waals surface area (Å²) in [7, 11) is 0. The molecule has 0 radical (unpaired) electrons. The molecule has 0 aromatic rings. The van der Waals surface area contributed by atoms with E-state index in [4.69, 9.17) is 0 Å². The monoisotopic (exact) mass is 200 g/mol. The maximum atomic E-state index is 9.77. The predicted octanol–water partition coefficient (Wildman–Crippen LogP) is 4.00. The lowest BCUT2D eigenvalue weighted by Gasteiger charge is -2.34. The van der Waals surface area contributed by atoms with Crippen LogP contribution >= 0.6 is 0 Å². The maximum absolute atomic E-state index is 9.77. The summed E-state index contributed by atoms with van der Waals surface area (Å²) in [5, 5.41) is 9.77. The Hall–Kier alpha value is -0.0400. The van der Waals surface area contributed by atoms with Gasteiger partial charge in [0, 0.05) is 0 Å². The molecule has 1 saturated carbocycles. The summed E-state index contributed by atoms with van der Waals surface area (Å²) in [5.74, 6) is 1.41. The van der Waals surface area contributed by atoms with Gasteiger partial charge in [-0.05, 0) is 24.7 Å². The van der Waals surface area contributed by atoms with Crippen molar-refractivity contribution >= 4 is 0 Å². The van der Waals surface area contributed by atoms with Gasteiger partial charge in [-0.25, -0.2) is 0 Å². The first-order valence-corrected chi connectivity index (χ1v) is 6.47. The van der Waals surface area contributed by atoms with E-state index in [1.807, 2.05) is 13.8 Å². The standard InChI is InChI=1S/C11H22O.C2H6/c1-3-6-9-7-5-8-11(12)10(9)4-2;1-2/h9-12H,3-8H2,1-2H3;1-2H3. The Balaban J connectivity index is 0.000000791. The molecule has 1 aliphatic rings. The van der Waals surface area contributed by atoms with Gasteiger partial charge in [0.05, 0.1) is 6.10 Å². The van der Waals surface area contributed by atoms with E-state index in [9.17, 15) is 5.11 Å². The quantitative estimate of drug-likeness (QED) is 0.730. The van der Waals surface area contributed by atoms with Crippen molar-refractivity contribution in [3.63, 3.8) is 0 Å². The molecule has 1 heteroatoms. The average Bonchev–Trinajstić information content (AvgIpc) is 2.22. The highest BCUT2D eigenvalue weighted by atomic mass is 16.3. The molecule has 0 heterocycles. The zero-order valence-electron chi connectivity index (χ0n) is 10.4. The number of hydrogen-bond acceptors (Lipinski definition) is 1. The maximum Gasteiger partial charge on any atom is 0.0570 e. The summed E-state index contributed by atoms with van der Waals surface area (Å²) in [6, 6.07) is 0. The Labute approximate surface area is 89.9 Å². The van der Waals surface area contributed by atoms with Crippen LogP contribution in [0, 0.1) is 11.8 Å². The van der Waals surface area contributed by atoms with Crippen LogP contribution in [-0.2, 0) is 0 Å². The van der Waals surface area contributed by atoms with Crippen molar-refractivity contribution in [1.82, 2.24) is 0 Å². The van der Waals surface area contributed by atoms with E-state index in [0.717, 1.165) is 18.8 Å². The lowest BCUT2D eigenvalue weighted by molar-refractivity contribution is 0.0272. The highest BCUT2D eigenvalue weighted by Crippen LogP contribution is 2.35. The fraction of sp³-hybridized carbons (Fsp3) is 1.00. The molecule has 86 valence electrons. The molecule has 1 nitrogen and oxygen atoms in total. The number of rotatable bonds is 3. The van der Waals surface area contributed by atoms with Crippen LogP contribution in [-0.4, -0.2) is 11.2 Å². The second kappa shape index (κ2) is 8.28. The second-order valence-corrected chi connectivity index (χ2v) is 4.12. The van der Waals surface area contributed by atoms with Crippen molar-refractivity contribution in [1.29, 1.82) is 0 Å². The van der Waals surface area contributed by atoms with Crippen molar-refractivity contribution in [3.8, 4) is 0 Å². The molecule has 14 heavy (non-hydrogen) atoms. The van der Waals surface area contributed by atoms with Crippen LogP contribution in [0.1, 0.15) is 66.2 Å². The van der Waals surface area contributed by atoms with Gasteiger partial charge < -0.3 is 5.11 Å². The smallest absolute Gasteiger partial charge is 0.0570 e. The average molecular weight is 200 g/mol. The van der Waals surface area contributed by atoms with Gasteiger partial charge >= 0.3 is 0 Å². The molecule has 1 fully saturated rings. The third kappa shape index (κ3) is 4.00. The summed E-state index contributed by atoms with van der Waals surface area (Å²) < 4.78 is 0. The number of aliphatic hydroxyl groups excluding tert-OH is 1. The molecule has 0 saturated heterocycles. The highest BCUT2D eigenvalue weighted by molar-refractivity contribution is 4.80. The SMILES string of the molecule is CC.CCCC1CCCC(O)C1CC. The Morgan fingerprint density at radius 1 is 1.14 bits per heavy atom. The molecule has 3 atom stereocenters. The third-order valence-electron chi connectivity index (χ3n) is 3.31. The Morgan fingerprint density at radius 2 is 1.79 bits per heavy atom. The van der Waals surface area contributed by atoms with Crippen LogP contribution < -0.4 is 0 Å². The van der Waals surface area contributed by atoms with E-state index in [0.29, 0.717) is 5.92 Å².